The van der Waals surface area contributed by atoms with E-state index in [4.69, 9.17) is 4.52 Å². The van der Waals surface area contributed by atoms with Gasteiger partial charge in [0, 0.05) is 5.56 Å². The Morgan fingerprint density at radius 2 is 1.71 bits per heavy atom. The zero-order valence-electron chi connectivity index (χ0n) is 12.6. The molecule has 0 bridgehead atoms. The summed E-state index contributed by atoms with van der Waals surface area (Å²) in [5.41, 5.74) is 0.0849. The van der Waals surface area contributed by atoms with Crippen LogP contribution in [0.2, 0.25) is 0 Å². The third-order valence-electron chi connectivity index (χ3n) is 3.97. The van der Waals surface area contributed by atoms with Crippen LogP contribution in [0.1, 0.15) is 11.3 Å². The molecule has 0 atom stereocenters. The van der Waals surface area contributed by atoms with Gasteiger partial charge in [-0.3, -0.25) is 0 Å². The predicted octanol–water partition coefficient (Wildman–Crippen LogP) is 5.37. The van der Waals surface area contributed by atoms with Gasteiger partial charge in [-0.15, -0.1) is 0 Å². The summed E-state index contributed by atoms with van der Waals surface area (Å²) in [4.78, 5) is 4.22. The van der Waals surface area contributed by atoms with E-state index in [2.05, 4.69) is 10.1 Å². The Labute approximate surface area is 134 Å². The molecule has 0 radical (unpaired) electrons. The van der Waals surface area contributed by atoms with Gasteiger partial charge in [-0.2, -0.15) is 13.2 Å². The third-order valence-corrected chi connectivity index (χ3v) is 3.97. The van der Waals surface area contributed by atoms with Gasteiger partial charge in [0.05, 0.1) is 22.3 Å². The Kier molecular flexibility index (Phi) is 3.09. The van der Waals surface area contributed by atoms with E-state index in [0.29, 0.717) is 5.56 Å². The number of halogens is 3. The summed E-state index contributed by atoms with van der Waals surface area (Å²) in [5.74, 6) is 0. The second-order valence-electron chi connectivity index (χ2n) is 5.56. The molecule has 120 valence electrons. The number of aromatic nitrogens is 2. The molecule has 0 N–H and O–H groups in total. The van der Waals surface area contributed by atoms with Gasteiger partial charge in [-0.25, -0.2) is 4.98 Å². The number of benzene rings is 2. The van der Waals surface area contributed by atoms with E-state index in [0.717, 1.165) is 16.8 Å². The van der Waals surface area contributed by atoms with Gasteiger partial charge >= 0.3 is 6.18 Å². The molecule has 6 heteroatoms. The molecule has 2 aromatic carbocycles. The van der Waals surface area contributed by atoms with Crippen LogP contribution in [0.25, 0.3) is 33.1 Å². The quantitative estimate of drug-likeness (QED) is 0.471. The maximum Gasteiger partial charge on any atom is 0.417 e. The molecule has 0 unspecified atom stereocenters. The van der Waals surface area contributed by atoms with Gasteiger partial charge in [0.25, 0.3) is 5.71 Å². The molecular weight excluding hydrogens is 317 g/mol. The number of fused-ring (bicyclic) bond motifs is 2. The highest BCUT2D eigenvalue weighted by Crippen LogP contribution is 2.38. The van der Waals surface area contributed by atoms with Crippen molar-refractivity contribution in [3.8, 4) is 11.3 Å². The van der Waals surface area contributed by atoms with E-state index in [1.165, 1.54) is 6.92 Å². The molecule has 0 aliphatic carbocycles. The van der Waals surface area contributed by atoms with Crippen molar-refractivity contribution in [1.29, 1.82) is 0 Å². The van der Waals surface area contributed by atoms with Crippen LogP contribution in [-0.2, 0) is 6.18 Å². The number of aryl methyl sites for hydroxylation is 1. The molecular formula is C18H11F3N2O. The minimum Gasteiger partial charge on any atom is -0.336 e. The molecule has 4 rings (SSSR count). The molecule has 0 fully saturated rings. The topological polar surface area (TPSA) is 38.9 Å². The van der Waals surface area contributed by atoms with Gasteiger partial charge < -0.3 is 4.52 Å². The second kappa shape index (κ2) is 5.06. The Morgan fingerprint density at radius 3 is 2.46 bits per heavy atom. The lowest BCUT2D eigenvalue weighted by Crippen LogP contribution is -2.07. The first-order valence-corrected chi connectivity index (χ1v) is 7.27. The zero-order chi connectivity index (χ0) is 16.9. The number of alkyl halides is 3. The molecule has 3 nitrogen and oxygen atoms in total. The van der Waals surface area contributed by atoms with Crippen LogP contribution >= 0.6 is 0 Å². The largest absolute Gasteiger partial charge is 0.417 e. The van der Waals surface area contributed by atoms with Crippen LogP contribution in [0.3, 0.4) is 0 Å². The summed E-state index contributed by atoms with van der Waals surface area (Å²) in [6.07, 6.45) is -4.51. The number of hydrogen-bond acceptors (Lipinski definition) is 3. The average Bonchev–Trinajstić information content (AvgIpc) is 2.94. The Bertz CT molecular complexity index is 1070. The summed E-state index contributed by atoms with van der Waals surface area (Å²) in [7, 11) is 0. The standard InChI is InChI=1S/C18H11F3N2O/c1-10-16-14(18(19,20)21)9-15(22-17(16)24-23-10)13-7-6-11-4-2-3-5-12(11)8-13/h2-9H,1H3. The fourth-order valence-corrected chi connectivity index (χ4v) is 2.81. The van der Waals surface area contributed by atoms with Crippen molar-refractivity contribution in [3.05, 3.63) is 59.8 Å². The molecule has 2 aromatic heterocycles. The SMILES string of the molecule is Cc1noc2nc(-c3ccc4ccccc4c3)cc(C(F)(F)F)c12. The molecule has 0 aliphatic rings. The highest BCUT2D eigenvalue weighted by molar-refractivity contribution is 5.89. The van der Waals surface area contributed by atoms with Gasteiger partial charge in [-0.05, 0) is 29.8 Å². The summed E-state index contributed by atoms with van der Waals surface area (Å²) in [5, 5.41) is 5.46. The molecule has 0 saturated carbocycles. The molecule has 24 heavy (non-hydrogen) atoms. The van der Waals surface area contributed by atoms with Crippen LogP contribution < -0.4 is 0 Å². The van der Waals surface area contributed by atoms with E-state index in [1.54, 1.807) is 6.07 Å². The lowest BCUT2D eigenvalue weighted by atomic mass is 10.0. The maximum atomic E-state index is 13.4. The summed E-state index contributed by atoms with van der Waals surface area (Å²) in [6, 6.07) is 14.1. The number of rotatable bonds is 1. The minimum atomic E-state index is -4.51. The first kappa shape index (κ1) is 14.7. The van der Waals surface area contributed by atoms with Crippen molar-refractivity contribution in [2.45, 2.75) is 13.1 Å². The van der Waals surface area contributed by atoms with E-state index >= 15 is 0 Å². The van der Waals surface area contributed by atoms with Crippen LogP contribution in [-0.4, -0.2) is 10.1 Å². The highest BCUT2D eigenvalue weighted by Gasteiger charge is 2.35. The monoisotopic (exact) mass is 328 g/mol. The Balaban J connectivity index is 1.99. The normalized spacial score (nSPS) is 12.2. The molecule has 2 heterocycles. The van der Waals surface area contributed by atoms with Crippen molar-refractivity contribution in [3.63, 3.8) is 0 Å². The van der Waals surface area contributed by atoms with Gasteiger partial charge in [0.1, 0.15) is 0 Å². The first-order valence-electron chi connectivity index (χ1n) is 7.27. The number of hydrogen-bond donors (Lipinski definition) is 0. The minimum absolute atomic E-state index is 0.0907. The number of nitrogens with zero attached hydrogens (tertiary/aromatic N) is 2. The first-order chi connectivity index (χ1) is 11.4. The summed E-state index contributed by atoms with van der Waals surface area (Å²) < 4.78 is 45.3. The van der Waals surface area contributed by atoms with Crippen molar-refractivity contribution in [2.24, 2.45) is 0 Å². The number of pyridine rings is 1. The van der Waals surface area contributed by atoms with Crippen LogP contribution in [0.4, 0.5) is 13.2 Å². The van der Waals surface area contributed by atoms with E-state index in [1.807, 2.05) is 36.4 Å². The highest BCUT2D eigenvalue weighted by atomic mass is 19.4. The summed E-state index contributed by atoms with van der Waals surface area (Å²) >= 11 is 0. The Hall–Kier alpha value is -2.89. The van der Waals surface area contributed by atoms with Crippen molar-refractivity contribution in [2.75, 3.05) is 0 Å². The maximum absolute atomic E-state index is 13.4. The van der Waals surface area contributed by atoms with Crippen molar-refractivity contribution in [1.82, 2.24) is 10.1 Å². The van der Waals surface area contributed by atoms with Crippen LogP contribution in [0, 0.1) is 6.92 Å². The molecule has 0 amide bonds. The Morgan fingerprint density at radius 1 is 0.958 bits per heavy atom. The van der Waals surface area contributed by atoms with Gasteiger partial charge in [0.15, 0.2) is 0 Å². The fourth-order valence-electron chi connectivity index (χ4n) is 2.81. The molecule has 0 aliphatic heterocycles. The molecule has 0 spiro atoms. The lowest BCUT2D eigenvalue weighted by Gasteiger charge is -2.10. The third kappa shape index (κ3) is 2.31. The van der Waals surface area contributed by atoms with E-state index in [9.17, 15) is 13.2 Å². The summed E-state index contributed by atoms with van der Waals surface area (Å²) in [6.45, 7) is 1.47. The second-order valence-corrected chi connectivity index (χ2v) is 5.56. The van der Waals surface area contributed by atoms with Crippen LogP contribution in [0.15, 0.2) is 53.1 Å². The van der Waals surface area contributed by atoms with Crippen LogP contribution in [0.5, 0.6) is 0 Å². The van der Waals surface area contributed by atoms with Gasteiger partial charge in [-0.1, -0.05) is 41.6 Å². The molecule has 0 saturated heterocycles. The van der Waals surface area contributed by atoms with Crippen molar-refractivity contribution < 1.29 is 17.7 Å². The van der Waals surface area contributed by atoms with E-state index < -0.39 is 11.7 Å². The zero-order valence-corrected chi connectivity index (χ0v) is 12.6. The lowest BCUT2D eigenvalue weighted by molar-refractivity contribution is -0.136. The van der Waals surface area contributed by atoms with E-state index in [-0.39, 0.29) is 22.5 Å². The smallest absolute Gasteiger partial charge is 0.336 e. The van der Waals surface area contributed by atoms with Gasteiger partial charge in [0.2, 0.25) is 0 Å². The van der Waals surface area contributed by atoms with Crippen molar-refractivity contribution >= 4 is 21.9 Å². The fraction of sp³-hybridized carbons (Fsp3) is 0.111. The molecule has 4 aromatic rings. The average molecular weight is 328 g/mol. The predicted molar refractivity (Wildman–Crippen MR) is 84.5 cm³/mol.